The fourth-order valence-electron chi connectivity index (χ4n) is 4.68. The first-order valence-corrected chi connectivity index (χ1v) is 11.9. The van der Waals surface area contributed by atoms with Gasteiger partial charge in [-0.25, -0.2) is 8.78 Å². The molecule has 8 heteroatoms. The summed E-state index contributed by atoms with van der Waals surface area (Å²) in [4.78, 5) is 32.6. The Morgan fingerprint density at radius 1 is 0.824 bits per heavy atom. The number of nitrogens with zero attached hydrogens (tertiary/aromatic N) is 4. The van der Waals surface area contributed by atoms with Gasteiger partial charge in [-0.15, -0.1) is 0 Å². The fraction of sp³-hybridized carbons (Fsp3) is 0.462. The number of halogens is 2. The molecule has 0 radical (unpaired) electrons. The minimum atomic E-state index is -0.406. The highest BCUT2D eigenvalue weighted by molar-refractivity contribution is 5.94. The Morgan fingerprint density at radius 3 is 2.24 bits per heavy atom. The van der Waals surface area contributed by atoms with E-state index in [1.54, 1.807) is 18.2 Å². The van der Waals surface area contributed by atoms with Gasteiger partial charge in [0.15, 0.2) is 5.78 Å². The highest BCUT2D eigenvalue weighted by Crippen LogP contribution is 2.22. The van der Waals surface area contributed by atoms with Crippen molar-refractivity contribution < 1.29 is 18.4 Å². The van der Waals surface area contributed by atoms with Crippen LogP contribution < -0.4 is 4.90 Å². The molecular weight excluding hydrogens is 438 g/mol. The largest absolute Gasteiger partial charge is 0.366 e. The average Bonchev–Trinajstić information content (AvgIpc) is 3.05. The first kappa shape index (κ1) is 24.3. The van der Waals surface area contributed by atoms with Crippen molar-refractivity contribution in [2.24, 2.45) is 0 Å². The standard InChI is InChI=1S/C26H32F2N4O2/c1-20(33)21-7-8-25(24(28)17-21)31-13-15-32(16-14-31)26(34)19-30-10-4-9-29(11-12-30)18-22-5-2-3-6-23(22)27/h2-3,5-8,17H,4,9-16,18-19H2,1H3. The maximum Gasteiger partial charge on any atom is 0.236 e. The highest BCUT2D eigenvalue weighted by atomic mass is 19.1. The van der Waals surface area contributed by atoms with E-state index in [4.69, 9.17) is 0 Å². The molecule has 4 rings (SSSR count). The van der Waals surface area contributed by atoms with Crippen LogP contribution >= 0.6 is 0 Å². The minimum absolute atomic E-state index is 0.0922. The molecule has 0 N–H and O–H groups in total. The van der Waals surface area contributed by atoms with Gasteiger partial charge in [0, 0.05) is 56.9 Å². The van der Waals surface area contributed by atoms with Crippen LogP contribution in [0.2, 0.25) is 0 Å². The Balaban J connectivity index is 1.25. The molecule has 6 nitrogen and oxygen atoms in total. The second-order valence-electron chi connectivity index (χ2n) is 9.09. The minimum Gasteiger partial charge on any atom is -0.366 e. The Hall–Kier alpha value is -2.84. The molecule has 1 amide bonds. The quantitative estimate of drug-likeness (QED) is 0.608. The molecule has 0 atom stereocenters. The lowest BCUT2D eigenvalue weighted by molar-refractivity contribution is -0.132. The predicted octanol–water partition coefficient (Wildman–Crippen LogP) is 3.02. The fourth-order valence-corrected chi connectivity index (χ4v) is 4.68. The number of hydrogen-bond donors (Lipinski definition) is 0. The van der Waals surface area contributed by atoms with Gasteiger partial charge >= 0.3 is 0 Å². The van der Waals surface area contributed by atoms with Crippen molar-refractivity contribution in [2.75, 3.05) is 63.8 Å². The molecule has 2 aliphatic rings. The number of benzene rings is 2. The van der Waals surface area contributed by atoms with Gasteiger partial charge in [-0.2, -0.15) is 0 Å². The van der Waals surface area contributed by atoms with E-state index in [1.165, 1.54) is 19.1 Å². The van der Waals surface area contributed by atoms with Gasteiger partial charge in [0.25, 0.3) is 0 Å². The number of Topliss-reactive ketones (excluding diaryl/α,β-unsaturated/α-hetero) is 1. The van der Waals surface area contributed by atoms with Crippen LogP contribution in [0.15, 0.2) is 42.5 Å². The van der Waals surface area contributed by atoms with Gasteiger partial charge in [-0.05, 0) is 50.7 Å². The third kappa shape index (κ3) is 5.98. The Labute approximate surface area is 199 Å². The van der Waals surface area contributed by atoms with Crippen molar-refractivity contribution in [1.82, 2.24) is 14.7 Å². The number of ketones is 1. The van der Waals surface area contributed by atoms with Gasteiger partial charge in [-0.1, -0.05) is 18.2 Å². The second-order valence-corrected chi connectivity index (χ2v) is 9.09. The molecule has 0 spiro atoms. The van der Waals surface area contributed by atoms with E-state index < -0.39 is 5.82 Å². The predicted molar refractivity (Wildman–Crippen MR) is 128 cm³/mol. The van der Waals surface area contributed by atoms with Crippen molar-refractivity contribution >= 4 is 17.4 Å². The van der Waals surface area contributed by atoms with Gasteiger partial charge in [0.1, 0.15) is 11.6 Å². The normalized spacial score (nSPS) is 18.1. The van der Waals surface area contributed by atoms with Crippen LogP contribution in [0.4, 0.5) is 14.5 Å². The summed E-state index contributed by atoms with van der Waals surface area (Å²) < 4.78 is 28.5. The van der Waals surface area contributed by atoms with E-state index in [0.29, 0.717) is 56.1 Å². The van der Waals surface area contributed by atoms with Crippen LogP contribution in [-0.2, 0) is 11.3 Å². The lowest BCUT2D eigenvalue weighted by atomic mass is 10.1. The summed E-state index contributed by atoms with van der Waals surface area (Å²) in [7, 11) is 0. The summed E-state index contributed by atoms with van der Waals surface area (Å²) in [5, 5.41) is 0. The molecule has 0 aromatic heterocycles. The number of anilines is 1. The Morgan fingerprint density at radius 2 is 1.53 bits per heavy atom. The summed E-state index contributed by atoms with van der Waals surface area (Å²) in [6.07, 6.45) is 0.936. The zero-order valence-corrected chi connectivity index (χ0v) is 19.7. The number of hydrogen-bond acceptors (Lipinski definition) is 5. The number of rotatable bonds is 6. The molecule has 2 heterocycles. The third-order valence-electron chi connectivity index (χ3n) is 6.72. The van der Waals surface area contributed by atoms with Gasteiger partial charge in [-0.3, -0.25) is 19.4 Å². The van der Waals surface area contributed by atoms with Crippen molar-refractivity contribution in [3.8, 4) is 0 Å². The van der Waals surface area contributed by atoms with E-state index >= 15 is 0 Å². The zero-order valence-electron chi connectivity index (χ0n) is 19.7. The maximum absolute atomic E-state index is 14.5. The first-order valence-electron chi connectivity index (χ1n) is 11.9. The van der Waals surface area contributed by atoms with Crippen molar-refractivity contribution in [1.29, 1.82) is 0 Å². The smallest absolute Gasteiger partial charge is 0.236 e. The lowest BCUT2D eigenvalue weighted by Gasteiger charge is -2.37. The molecular formula is C26H32F2N4O2. The molecule has 2 aliphatic heterocycles. The lowest BCUT2D eigenvalue weighted by Crippen LogP contribution is -2.51. The summed E-state index contributed by atoms with van der Waals surface area (Å²) in [5.74, 6) is -0.649. The van der Waals surface area contributed by atoms with E-state index in [1.807, 2.05) is 21.9 Å². The van der Waals surface area contributed by atoms with Gasteiger partial charge < -0.3 is 9.80 Å². The van der Waals surface area contributed by atoms with Crippen LogP contribution in [-0.4, -0.2) is 85.3 Å². The van der Waals surface area contributed by atoms with Crippen LogP contribution in [0.1, 0.15) is 29.3 Å². The molecule has 2 saturated heterocycles. The van der Waals surface area contributed by atoms with Crippen LogP contribution in [0.3, 0.4) is 0 Å². The zero-order chi connectivity index (χ0) is 24.1. The van der Waals surface area contributed by atoms with E-state index in [-0.39, 0.29) is 17.5 Å². The van der Waals surface area contributed by atoms with Crippen LogP contribution in [0.5, 0.6) is 0 Å². The molecule has 2 aromatic carbocycles. The molecule has 2 aromatic rings. The summed E-state index contributed by atoms with van der Waals surface area (Å²) in [6, 6.07) is 11.5. The molecule has 0 saturated carbocycles. The number of carbonyl (C=O) groups is 2. The molecule has 182 valence electrons. The van der Waals surface area contributed by atoms with Crippen molar-refractivity contribution in [2.45, 2.75) is 19.9 Å². The maximum atomic E-state index is 14.5. The number of amides is 1. The second kappa shape index (κ2) is 11.1. The molecule has 2 fully saturated rings. The summed E-state index contributed by atoms with van der Waals surface area (Å²) in [6.45, 7) is 7.86. The van der Waals surface area contributed by atoms with Crippen molar-refractivity contribution in [3.05, 3.63) is 65.2 Å². The van der Waals surface area contributed by atoms with Gasteiger partial charge in [0.05, 0.1) is 12.2 Å². The Bertz CT molecular complexity index is 1020. The van der Waals surface area contributed by atoms with E-state index in [2.05, 4.69) is 9.80 Å². The SMILES string of the molecule is CC(=O)c1ccc(N2CCN(C(=O)CN3CCCN(Cc4ccccc4F)CC3)CC2)c(F)c1. The van der Waals surface area contributed by atoms with Crippen LogP contribution in [0, 0.1) is 11.6 Å². The first-order chi connectivity index (χ1) is 16.4. The molecule has 0 bridgehead atoms. The third-order valence-corrected chi connectivity index (χ3v) is 6.72. The summed E-state index contributed by atoms with van der Waals surface area (Å²) in [5.41, 5.74) is 1.54. The van der Waals surface area contributed by atoms with E-state index in [0.717, 1.165) is 32.6 Å². The van der Waals surface area contributed by atoms with Crippen LogP contribution in [0.25, 0.3) is 0 Å². The Kier molecular flexibility index (Phi) is 7.90. The molecule has 0 aliphatic carbocycles. The molecule has 0 unspecified atom stereocenters. The average molecular weight is 471 g/mol. The summed E-state index contributed by atoms with van der Waals surface area (Å²) >= 11 is 0. The monoisotopic (exact) mass is 470 g/mol. The topological polar surface area (TPSA) is 47.1 Å². The number of piperazine rings is 1. The van der Waals surface area contributed by atoms with Gasteiger partial charge in [0.2, 0.25) is 5.91 Å². The molecule has 34 heavy (non-hydrogen) atoms. The van der Waals surface area contributed by atoms with Crippen molar-refractivity contribution in [3.63, 3.8) is 0 Å². The van der Waals surface area contributed by atoms with E-state index in [9.17, 15) is 18.4 Å². The number of carbonyl (C=O) groups excluding carboxylic acids is 2. The highest BCUT2D eigenvalue weighted by Gasteiger charge is 2.25.